The van der Waals surface area contributed by atoms with Crippen molar-refractivity contribution in [2.45, 2.75) is 67.9 Å². The number of benzene rings is 8. The summed E-state index contributed by atoms with van der Waals surface area (Å²) < 4.78 is 31.6. The molecule has 0 bridgehead atoms. The summed E-state index contributed by atoms with van der Waals surface area (Å²) in [5.74, 6) is 3.74. The van der Waals surface area contributed by atoms with E-state index in [0.29, 0.717) is 80.1 Å². The first-order valence-corrected chi connectivity index (χ1v) is 30.3. The predicted octanol–water partition coefficient (Wildman–Crippen LogP) is 12.3. The zero-order chi connectivity index (χ0) is 68.0. The summed E-state index contributed by atoms with van der Waals surface area (Å²) >= 11 is 0. The Morgan fingerprint density at radius 3 is 1.23 bits per heavy atom. The third-order valence-electron chi connectivity index (χ3n) is 12.2. The van der Waals surface area contributed by atoms with Crippen LogP contribution in [0.3, 0.4) is 0 Å². The van der Waals surface area contributed by atoms with Crippen LogP contribution in [0, 0.1) is 41.5 Å². The lowest BCUT2D eigenvalue weighted by Gasteiger charge is -2.09. The van der Waals surface area contributed by atoms with Gasteiger partial charge in [-0.25, -0.2) is 19.2 Å². The van der Waals surface area contributed by atoms with E-state index in [4.69, 9.17) is 43.7 Å². The van der Waals surface area contributed by atoms with Gasteiger partial charge in [0.05, 0.1) is 38.3 Å². The van der Waals surface area contributed by atoms with Crippen LogP contribution in [-0.4, -0.2) is 118 Å². The minimum atomic E-state index is -0.804. The Bertz CT molecular complexity index is 3340. The normalized spacial score (nSPS) is 10.1. The zero-order valence-electron chi connectivity index (χ0n) is 54.5. The van der Waals surface area contributed by atoms with E-state index in [1.807, 2.05) is 195 Å². The van der Waals surface area contributed by atoms with Gasteiger partial charge in [-0.1, -0.05) is 124 Å². The topological polar surface area (TPSA) is 274 Å². The molecule has 20 heteroatoms. The number of nitrogens with one attached hydrogen (secondary N) is 6. The highest BCUT2D eigenvalue weighted by atomic mass is 16.6. The van der Waals surface area contributed by atoms with Crippen LogP contribution in [0.25, 0.3) is 0 Å². The zero-order valence-corrected chi connectivity index (χ0v) is 54.5. The average Bonchev–Trinajstić information content (AvgIpc) is 3.08. The van der Waals surface area contributed by atoms with Gasteiger partial charge < -0.3 is 70.3 Å². The van der Waals surface area contributed by atoms with Gasteiger partial charge in [0.25, 0.3) is 0 Å². The van der Waals surface area contributed by atoms with Crippen molar-refractivity contribution in [3.8, 4) is 34.5 Å². The summed E-state index contributed by atoms with van der Waals surface area (Å²) in [4.78, 5) is 56.8. The van der Waals surface area contributed by atoms with Gasteiger partial charge in [0.2, 0.25) is 5.91 Å². The van der Waals surface area contributed by atoms with Crippen molar-refractivity contribution in [2.24, 2.45) is 0 Å². The molecule has 0 aliphatic carbocycles. The molecule has 0 aromatic heterocycles. The van der Waals surface area contributed by atoms with Crippen molar-refractivity contribution in [1.82, 2.24) is 21.3 Å². The van der Waals surface area contributed by atoms with Crippen molar-refractivity contribution in [3.05, 3.63) is 239 Å². The van der Waals surface area contributed by atoms with Gasteiger partial charge in [-0.2, -0.15) is 0 Å². The second-order valence-electron chi connectivity index (χ2n) is 20.3. The van der Waals surface area contributed by atoms with Crippen molar-refractivity contribution >= 4 is 41.4 Å². The number of para-hydroxylation sites is 1. The number of urea groups is 2. The molecule has 0 fully saturated rings. The Balaban J connectivity index is 0.000000295. The number of carbonyl (C=O) groups excluding carboxylic acids is 5. The Morgan fingerprint density at radius 1 is 0.419 bits per heavy atom. The van der Waals surface area contributed by atoms with E-state index in [0.717, 1.165) is 33.9 Å². The second kappa shape index (κ2) is 45.8. The number of hydrogen-bond acceptors (Lipinski definition) is 14. The maximum atomic E-state index is 12.0. The summed E-state index contributed by atoms with van der Waals surface area (Å²) in [6, 6.07) is 60.7. The van der Waals surface area contributed by atoms with E-state index in [1.165, 1.54) is 16.7 Å². The van der Waals surface area contributed by atoms with Crippen LogP contribution in [0.4, 0.5) is 25.8 Å². The highest BCUT2D eigenvalue weighted by Crippen LogP contribution is 2.18. The summed E-state index contributed by atoms with van der Waals surface area (Å²) in [5.41, 5.74) is 8.73. The lowest BCUT2D eigenvalue weighted by atomic mass is 10.2. The molecule has 9 N–H and O–H groups in total. The van der Waals surface area contributed by atoms with Crippen LogP contribution < -0.4 is 60.3 Å². The molecule has 0 radical (unpaired) electrons. The van der Waals surface area contributed by atoms with E-state index < -0.39 is 18.2 Å². The van der Waals surface area contributed by atoms with Gasteiger partial charge in [-0.15, -0.1) is 0 Å². The standard InChI is InChI=1S/C17H18N2O3.C14H13NO2.C12H18N2O2.C11H15NO2.C10H14O3.C9H12O2/c1-3-18-17(21)19-14-8-6-13(7-9-14)16(20)22-15-10-4-12(2)5-11-15;1-11-7-9-13(10-8-11)17-14(16)15-12-5-3-2-4-6-12;1-3-13-12(15)14-8-9-16-11-6-4-10(2)5-7-11;1-9-3-5-10(6-4-9)14-8-7-11(13)12-2;1-8-2-4-10(5-3-8)13-7-9(12)6-11;1-8-2-4-9(5-3-8)11-7-6-10/h4-11H,3H2,1-2H3,(H2,18,19,21);2-10H,1H3,(H,15,16);4-7H,3,8-9H2,1-2H3,(H2,13,14,15);3-6H,7-8H2,1-2H3,(H,12,13);2-5,9,11-12H,6-7H2,1H3;2-5,10H,6-7H2,1H3. The molecule has 1 atom stereocenters. The van der Waals surface area contributed by atoms with Crippen molar-refractivity contribution < 1.29 is 67.7 Å². The number of hydrogen-bond donors (Lipinski definition) is 9. The maximum absolute atomic E-state index is 12.0. The van der Waals surface area contributed by atoms with Gasteiger partial charge in [0.15, 0.2) is 0 Å². The van der Waals surface area contributed by atoms with Crippen LogP contribution >= 0.6 is 0 Å². The number of esters is 1. The summed E-state index contributed by atoms with van der Waals surface area (Å²) in [7, 11) is 1.62. The summed E-state index contributed by atoms with van der Waals surface area (Å²) in [6.07, 6.45) is -0.897. The lowest BCUT2D eigenvalue weighted by Crippen LogP contribution is -2.37. The SMILES string of the molecule is CCNC(=O)NCCOc1ccc(C)cc1.CCNC(=O)Nc1ccc(C(=O)Oc2ccc(C)cc2)cc1.CNC(=O)CCOc1ccc(C)cc1.Cc1ccc(OC(=O)Nc2ccccc2)cc1.Cc1ccc(OCC(O)CO)cc1.Cc1ccc(OCCO)cc1. The molecule has 8 rings (SSSR count). The fourth-order valence-corrected chi connectivity index (χ4v) is 7.07. The van der Waals surface area contributed by atoms with E-state index >= 15 is 0 Å². The number of aryl methyl sites for hydroxylation is 6. The lowest BCUT2D eigenvalue weighted by molar-refractivity contribution is -0.121. The Hall–Kier alpha value is -10.4. The molecule has 8 aromatic rings. The van der Waals surface area contributed by atoms with Gasteiger partial charge in [-0.05, 0) is 165 Å². The van der Waals surface area contributed by atoms with E-state index in [2.05, 4.69) is 31.9 Å². The van der Waals surface area contributed by atoms with Crippen molar-refractivity contribution in [1.29, 1.82) is 0 Å². The van der Waals surface area contributed by atoms with Crippen LogP contribution in [-0.2, 0) is 4.79 Å². The highest BCUT2D eigenvalue weighted by molar-refractivity contribution is 5.93. The molecule has 8 aromatic carbocycles. The Kier molecular flexibility index (Phi) is 37.8. The number of anilines is 2. The van der Waals surface area contributed by atoms with Gasteiger partial charge in [-0.3, -0.25) is 10.1 Å². The van der Waals surface area contributed by atoms with Crippen LogP contribution in [0.5, 0.6) is 34.5 Å². The first-order chi connectivity index (χ1) is 44.8. The first kappa shape index (κ1) is 76.8. The number of carbonyl (C=O) groups is 5. The highest BCUT2D eigenvalue weighted by Gasteiger charge is 2.10. The number of amides is 6. The smallest absolute Gasteiger partial charge is 0.417 e. The predicted molar refractivity (Wildman–Crippen MR) is 365 cm³/mol. The molecule has 20 nitrogen and oxygen atoms in total. The summed E-state index contributed by atoms with van der Waals surface area (Å²) in [6.45, 7) is 18.6. The minimum Gasteiger partial charge on any atom is -0.493 e. The Labute approximate surface area is 546 Å². The largest absolute Gasteiger partial charge is 0.493 e. The maximum Gasteiger partial charge on any atom is 0.417 e. The van der Waals surface area contributed by atoms with E-state index in [1.54, 1.807) is 67.7 Å². The third-order valence-corrected chi connectivity index (χ3v) is 12.2. The Morgan fingerprint density at radius 2 is 0.806 bits per heavy atom. The third kappa shape index (κ3) is 36.1. The number of ether oxygens (including phenoxy) is 6. The molecule has 496 valence electrons. The second-order valence-corrected chi connectivity index (χ2v) is 20.3. The molecule has 6 amide bonds. The molecule has 0 saturated heterocycles. The molecule has 0 spiro atoms. The van der Waals surface area contributed by atoms with Gasteiger partial charge in [0.1, 0.15) is 60.4 Å². The first-order valence-electron chi connectivity index (χ1n) is 30.3. The van der Waals surface area contributed by atoms with Crippen LogP contribution in [0.1, 0.15) is 64.0 Å². The molecular weight excluding hydrogens is 1180 g/mol. The van der Waals surface area contributed by atoms with E-state index in [9.17, 15) is 24.0 Å². The van der Waals surface area contributed by atoms with Crippen molar-refractivity contribution in [3.63, 3.8) is 0 Å². The molecule has 1 unspecified atom stereocenters. The van der Waals surface area contributed by atoms with Crippen molar-refractivity contribution in [2.75, 3.05) is 77.0 Å². The summed E-state index contributed by atoms with van der Waals surface area (Å²) in [5, 5.41) is 41.8. The van der Waals surface area contributed by atoms with Gasteiger partial charge in [0, 0.05) is 31.5 Å². The molecule has 0 aliphatic heterocycles. The quantitative estimate of drug-likeness (QED) is 0.0173. The minimum absolute atomic E-state index is 0.00267. The van der Waals surface area contributed by atoms with E-state index in [-0.39, 0.29) is 37.8 Å². The number of aliphatic hydroxyl groups is 3. The molecule has 0 heterocycles. The molecule has 93 heavy (non-hydrogen) atoms. The monoisotopic (exact) mass is 1270 g/mol. The molecule has 0 saturated carbocycles. The number of aliphatic hydroxyl groups excluding tert-OH is 3. The fourth-order valence-electron chi connectivity index (χ4n) is 7.07. The number of rotatable bonds is 22. The van der Waals surface area contributed by atoms with Gasteiger partial charge >= 0.3 is 24.1 Å². The molecule has 0 aliphatic rings. The molecular formula is C73H90N6O14. The average molecular weight is 1280 g/mol. The van der Waals surface area contributed by atoms with Crippen LogP contribution in [0.2, 0.25) is 0 Å². The fraction of sp³-hybridized carbons (Fsp3) is 0.274. The van der Waals surface area contributed by atoms with Crippen LogP contribution in [0.15, 0.2) is 200 Å².